The SMILES string of the molecule is Cc1ccc(NC(=O)C(=O)NCC(C)(O)c2ccccc2)cc1F. The van der Waals surface area contributed by atoms with Crippen molar-refractivity contribution in [3.63, 3.8) is 0 Å². The van der Waals surface area contributed by atoms with Gasteiger partial charge in [0, 0.05) is 5.69 Å². The topological polar surface area (TPSA) is 78.4 Å². The molecule has 0 saturated heterocycles. The van der Waals surface area contributed by atoms with Crippen molar-refractivity contribution in [2.75, 3.05) is 11.9 Å². The molecule has 2 amide bonds. The molecule has 2 aromatic rings. The summed E-state index contributed by atoms with van der Waals surface area (Å²) in [6.07, 6.45) is 0. The van der Waals surface area contributed by atoms with E-state index in [1.165, 1.54) is 19.1 Å². The largest absolute Gasteiger partial charge is 0.384 e. The maximum atomic E-state index is 13.4. The van der Waals surface area contributed by atoms with Gasteiger partial charge in [0.2, 0.25) is 0 Å². The fourth-order valence-corrected chi connectivity index (χ4v) is 2.09. The molecule has 0 heterocycles. The third-order valence-corrected chi connectivity index (χ3v) is 3.62. The fourth-order valence-electron chi connectivity index (χ4n) is 2.09. The van der Waals surface area contributed by atoms with Crippen molar-refractivity contribution in [3.05, 3.63) is 65.5 Å². The van der Waals surface area contributed by atoms with E-state index in [-0.39, 0.29) is 12.2 Å². The molecule has 2 aromatic carbocycles. The van der Waals surface area contributed by atoms with Crippen LogP contribution in [0.15, 0.2) is 48.5 Å². The first kappa shape index (κ1) is 17.6. The zero-order chi connectivity index (χ0) is 17.7. The van der Waals surface area contributed by atoms with Crippen molar-refractivity contribution in [2.24, 2.45) is 0 Å². The van der Waals surface area contributed by atoms with Gasteiger partial charge in [0.05, 0.1) is 6.54 Å². The lowest BCUT2D eigenvalue weighted by atomic mass is 9.96. The minimum absolute atomic E-state index is 0.133. The van der Waals surface area contributed by atoms with E-state index in [4.69, 9.17) is 0 Å². The van der Waals surface area contributed by atoms with E-state index in [9.17, 15) is 19.1 Å². The van der Waals surface area contributed by atoms with Crippen molar-refractivity contribution in [1.29, 1.82) is 0 Å². The first-order valence-electron chi connectivity index (χ1n) is 7.43. The van der Waals surface area contributed by atoms with Gasteiger partial charge >= 0.3 is 11.8 Å². The molecule has 0 fully saturated rings. The van der Waals surface area contributed by atoms with E-state index >= 15 is 0 Å². The molecule has 24 heavy (non-hydrogen) atoms. The van der Waals surface area contributed by atoms with Crippen molar-refractivity contribution in [2.45, 2.75) is 19.4 Å². The number of anilines is 1. The molecule has 0 aromatic heterocycles. The summed E-state index contributed by atoms with van der Waals surface area (Å²) >= 11 is 0. The number of aryl methyl sites for hydroxylation is 1. The summed E-state index contributed by atoms with van der Waals surface area (Å²) in [4.78, 5) is 23.7. The second-order valence-electron chi connectivity index (χ2n) is 5.74. The Morgan fingerprint density at radius 2 is 1.79 bits per heavy atom. The Morgan fingerprint density at radius 1 is 1.12 bits per heavy atom. The molecular weight excluding hydrogens is 311 g/mol. The van der Waals surface area contributed by atoms with Crippen LogP contribution in [0.5, 0.6) is 0 Å². The van der Waals surface area contributed by atoms with E-state index in [2.05, 4.69) is 10.6 Å². The van der Waals surface area contributed by atoms with Crippen molar-refractivity contribution >= 4 is 17.5 Å². The highest BCUT2D eigenvalue weighted by Crippen LogP contribution is 2.19. The summed E-state index contributed by atoms with van der Waals surface area (Å²) in [5.74, 6) is -2.31. The van der Waals surface area contributed by atoms with Gasteiger partial charge in [0.15, 0.2) is 0 Å². The third kappa shape index (κ3) is 4.39. The zero-order valence-electron chi connectivity index (χ0n) is 13.5. The van der Waals surface area contributed by atoms with Crippen LogP contribution in [0.4, 0.5) is 10.1 Å². The fraction of sp³-hybridized carbons (Fsp3) is 0.222. The summed E-state index contributed by atoms with van der Waals surface area (Å²) in [6, 6.07) is 12.9. The highest BCUT2D eigenvalue weighted by molar-refractivity contribution is 6.39. The average molecular weight is 330 g/mol. The molecule has 6 heteroatoms. The molecule has 5 nitrogen and oxygen atoms in total. The van der Waals surface area contributed by atoms with Gasteiger partial charge in [0.25, 0.3) is 0 Å². The molecule has 126 valence electrons. The van der Waals surface area contributed by atoms with Gasteiger partial charge in [-0.1, -0.05) is 36.4 Å². The highest BCUT2D eigenvalue weighted by Gasteiger charge is 2.25. The van der Waals surface area contributed by atoms with Crippen LogP contribution in [-0.2, 0) is 15.2 Å². The number of hydrogen-bond donors (Lipinski definition) is 3. The average Bonchev–Trinajstić information content (AvgIpc) is 2.57. The molecule has 1 atom stereocenters. The minimum Gasteiger partial charge on any atom is -0.384 e. The van der Waals surface area contributed by atoms with E-state index in [1.54, 1.807) is 31.2 Å². The minimum atomic E-state index is -1.31. The molecule has 0 radical (unpaired) electrons. The lowest BCUT2D eigenvalue weighted by Gasteiger charge is -2.24. The number of aliphatic hydroxyl groups is 1. The maximum Gasteiger partial charge on any atom is 0.313 e. The van der Waals surface area contributed by atoms with Crippen LogP contribution in [0.2, 0.25) is 0 Å². The number of rotatable bonds is 4. The molecule has 1 unspecified atom stereocenters. The van der Waals surface area contributed by atoms with Gasteiger partial charge in [-0.3, -0.25) is 9.59 Å². The van der Waals surface area contributed by atoms with Crippen molar-refractivity contribution in [3.8, 4) is 0 Å². The van der Waals surface area contributed by atoms with Crippen LogP contribution in [0.25, 0.3) is 0 Å². The Hall–Kier alpha value is -2.73. The predicted octanol–water partition coefficient (Wildman–Crippen LogP) is 2.10. The Kier molecular flexibility index (Phi) is 5.31. The Bertz CT molecular complexity index is 745. The van der Waals surface area contributed by atoms with Crippen LogP contribution < -0.4 is 10.6 Å². The van der Waals surface area contributed by atoms with Gasteiger partial charge in [-0.15, -0.1) is 0 Å². The standard InChI is InChI=1S/C18H19FN2O3/c1-12-8-9-14(10-15(12)19)21-17(23)16(22)20-11-18(2,24)13-6-4-3-5-7-13/h3-10,24H,11H2,1-2H3,(H,20,22)(H,21,23). The summed E-state index contributed by atoms with van der Waals surface area (Å²) in [7, 11) is 0. The summed E-state index contributed by atoms with van der Waals surface area (Å²) in [6.45, 7) is 3.00. The molecule has 3 N–H and O–H groups in total. The normalized spacial score (nSPS) is 13.0. The van der Waals surface area contributed by atoms with Crippen LogP contribution in [0, 0.1) is 12.7 Å². The molecule has 0 aliphatic carbocycles. The van der Waals surface area contributed by atoms with Crippen LogP contribution in [0.1, 0.15) is 18.1 Å². The molecule has 0 saturated carbocycles. The number of carbonyl (C=O) groups excluding carboxylic acids is 2. The zero-order valence-corrected chi connectivity index (χ0v) is 13.5. The number of halogens is 1. The number of hydrogen-bond acceptors (Lipinski definition) is 3. The number of nitrogens with one attached hydrogen (secondary N) is 2. The lowest BCUT2D eigenvalue weighted by Crippen LogP contribution is -2.43. The van der Waals surface area contributed by atoms with Gasteiger partial charge in [-0.2, -0.15) is 0 Å². The highest BCUT2D eigenvalue weighted by atomic mass is 19.1. The molecule has 2 rings (SSSR count). The van der Waals surface area contributed by atoms with Gasteiger partial charge < -0.3 is 15.7 Å². The molecule has 0 spiro atoms. The Balaban J connectivity index is 1.94. The summed E-state index contributed by atoms with van der Waals surface area (Å²) in [5.41, 5.74) is -0.0663. The van der Waals surface area contributed by atoms with Crippen molar-refractivity contribution in [1.82, 2.24) is 5.32 Å². The third-order valence-electron chi connectivity index (χ3n) is 3.62. The smallest absolute Gasteiger partial charge is 0.313 e. The maximum absolute atomic E-state index is 13.4. The second kappa shape index (κ2) is 7.23. The second-order valence-corrected chi connectivity index (χ2v) is 5.74. The molecular formula is C18H19FN2O3. The van der Waals surface area contributed by atoms with E-state index in [1.807, 2.05) is 6.07 Å². The molecule has 0 bridgehead atoms. The first-order chi connectivity index (χ1) is 11.3. The number of benzene rings is 2. The van der Waals surface area contributed by atoms with E-state index in [0.29, 0.717) is 11.1 Å². The van der Waals surface area contributed by atoms with Gasteiger partial charge in [-0.25, -0.2) is 4.39 Å². The van der Waals surface area contributed by atoms with Gasteiger partial charge in [0.1, 0.15) is 11.4 Å². The van der Waals surface area contributed by atoms with E-state index < -0.39 is 23.2 Å². The first-order valence-corrected chi connectivity index (χ1v) is 7.43. The van der Waals surface area contributed by atoms with Crippen molar-refractivity contribution < 1.29 is 19.1 Å². The summed E-state index contributed by atoms with van der Waals surface area (Å²) in [5, 5.41) is 15.1. The van der Waals surface area contributed by atoms with Gasteiger partial charge in [-0.05, 0) is 37.1 Å². The Labute approximate surface area is 139 Å². The predicted molar refractivity (Wildman–Crippen MR) is 88.8 cm³/mol. The quantitative estimate of drug-likeness (QED) is 0.751. The summed E-state index contributed by atoms with van der Waals surface area (Å²) < 4.78 is 13.4. The number of amides is 2. The van der Waals surface area contributed by atoms with Crippen LogP contribution in [0.3, 0.4) is 0 Å². The van der Waals surface area contributed by atoms with Crippen LogP contribution in [-0.4, -0.2) is 23.5 Å². The molecule has 0 aliphatic heterocycles. The van der Waals surface area contributed by atoms with E-state index in [0.717, 1.165) is 6.07 Å². The lowest BCUT2D eigenvalue weighted by molar-refractivity contribution is -0.136. The monoisotopic (exact) mass is 330 g/mol. The van der Waals surface area contributed by atoms with Crippen LogP contribution >= 0.6 is 0 Å². The molecule has 0 aliphatic rings. The Morgan fingerprint density at radius 3 is 2.42 bits per heavy atom. The number of carbonyl (C=O) groups is 2.